The van der Waals surface area contributed by atoms with Crippen molar-refractivity contribution in [1.82, 2.24) is 0 Å². The minimum atomic E-state index is 0.532. The number of rotatable bonds is 0. The number of fused-ring (bicyclic) bond motifs is 1. The van der Waals surface area contributed by atoms with Gasteiger partial charge in [0.15, 0.2) is 5.90 Å². The molecule has 2 rings (SSSR count). The number of ether oxygens (including phenoxy) is 1. The third-order valence-corrected chi connectivity index (χ3v) is 1.71. The Morgan fingerprint density at radius 3 is 2.71 bits per heavy atom. The summed E-state index contributed by atoms with van der Waals surface area (Å²) in [5, 5.41) is 7.07. The summed E-state index contributed by atoms with van der Waals surface area (Å²) >= 11 is 0. The first-order valence-electron chi connectivity index (χ1n) is 2.59. The van der Waals surface area contributed by atoms with Crippen LogP contribution in [-0.4, -0.2) is 12.5 Å². The maximum Gasteiger partial charge on any atom is 0.183 e. The molecule has 2 aliphatic rings. The predicted octanol–water partition coefficient (Wildman–Crippen LogP) is 0.630. The van der Waals surface area contributed by atoms with Crippen molar-refractivity contribution in [3.63, 3.8) is 0 Å². The van der Waals surface area contributed by atoms with Gasteiger partial charge in [0.1, 0.15) is 0 Å². The van der Waals surface area contributed by atoms with Crippen LogP contribution in [0.3, 0.4) is 0 Å². The number of hydrogen-bond acceptors (Lipinski definition) is 2. The van der Waals surface area contributed by atoms with Gasteiger partial charge in [0.25, 0.3) is 0 Å². The van der Waals surface area contributed by atoms with Crippen LogP contribution in [0.15, 0.2) is 0 Å². The van der Waals surface area contributed by atoms with Crippen LogP contribution < -0.4 is 0 Å². The van der Waals surface area contributed by atoms with Gasteiger partial charge in [0.2, 0.25) is 0 Å². The van der Waals surface area contributed by atoms with E-state index < -0.39 is 0 Å². The molecule has 1 saturated carbocycles. The highest BCUT2D eigenvalue weighted by molar-refractivity contribution is 5.80. The quantitative estimate of drug-likeness (QED) is 0.472. The molecule has 0 amide bonds. The normalized spacial score (nSPS) is 45.4. The molecule has 0 radical (unpaired) electrons. The molecule has 0 aromatic carbocycles. The summed E-state index contributed by atoms with van der Waals surface area (Å²) in [5.41, 5.74) is 0. The fraction of sp³-hybridized carbons (Fsp3) is 0.800. The smallest absolute Gasteiger partial charge is 0.183 e. The predicted molar refractivity (Wildman–Crippen MR) is 25.3 cm³/mol. The molecular weight excluding hydrogens is 90.1 g/mol. The third-order valence-electron chi connectivity index (χ3n) is 1.71. The zero-order valence-electron chi connectivity index (χ0n) is 3.98. The van der Waals surface area contributed by atoms with Crippen molar-refractivity contribution in [2.24, 2.45) is 11.8 Å². The van der Waals surface area contributed by atoms with E-state index in [1.807, 2.05) is 0 Å². The van der Waals surface area contributed by atoms with Gasteiger partial charge in [-0.3, -0.25) is 5.41 Å². The average Bonchev–Trinajstić information content (AvgIpc) is 2.33. The highest BCUT2D eigenvalue weighted by Crippen LogP contribution is 2.44. The lowest BCUT2D eigenvalue weighted by Gasteiger charge is -1.93. The zero-order valence-corrected chi connectivity index (χ0v) is 3.98. The lowest BCUT2D eigenvalue weighted by atomic mass is 10.4. The molecule has 1 N–H and O–H groups in total. The van der Waals surface area contributed by atoms with Gasteiger partial charge in [-0.1, -0.05) is 0 Å². The largest absolute Gasteiger partial charge is 0.481 e. The summed E-state index contributed by atoms with van der Waals surface area (Å²) < 4.78 is 4.90. The van der Waals surface area contributed by atoms with Crippen LogP contribution in [0.2, 0.25) is 0 Å². The fourth-order valence-corrected chi connectivity index (χ4v) is 1.06. The van der Waals surface area contributed by atoms with Crippen LogP contribution in [0.4, 0.5) is 0 Å². The van der Waals surface area contributed by atoms with E-state index in [1.165, 1.54) is 6.42 Å². The van der Waals surface area contributed by atoms with Crippen LogP contribution in [0.25, 0.3) is 0 Å². The molecule has 0 aromatic rings. The second-order valence-electron chi connectivity index (χ2n) is 2.28. The van der Waals surface area contributed by atoms with Gasteiger partial charge in [-0.15, -0.1) is 0 Å². The van der Waals surface area contributed by atoms with E-state index in [1.54, 1.807) is 0 Å². The van der Waals surface area contributed by atoms with Gasteiger partial charge in [-0.2, -0.15) is 0 Å². The summed E-state index contributed by atoms with van der Waals surface area (Å²) in [6.07, 6.45) is 1.22. The standard InChI is InChI=1S/C5H7NO/c6-5-4-1-3(4)2-7-5/h3-4,6H,1-2H2. The monoisotopic (exact) mass is 97.1 g/mol. The molecule has 1 aliphatic heterocycles. The van der Waals surface area contributed by atoms with E-state index in [9.17, 15) is 0 Å². The lowest BCUT2D eigenvalue weighted by Crippen LogP contribution is -1.96. The summed E-state index contributed by atoms with van der Waals surface area (Å²) in [5.74, 6) is 1.82. The molecule has 2 nitrogen and oxygen atoms in total. The molecule has 1 heterocycles. The lowest BCUT2D eigenvalue weighted by molar-refractivity contribution is 0.311. The Morgan fingerprint density at radius 1 is 1.71 bits per heavy atom. The minimum Gasteiger partial charge on any atom is -0.481 e. The molecule has 2 atom stereocenters. The summed E-state index contributed by atoms with van der Waals surface area (Å²) in [7, 11) is 0. The maximum absolute atomic E-state index is 7.07. The van der Waals surface area contributed by atoms with Crippen LogP contribution in [-0.2, 0) is 4.74 Å². The first-order valence-corrected chi connectivity index (χ1v) is 2.59. The van der Waals surface area contributed by atoms with Crippen LogP contribution in [0, 0.1) is 17.2 Å². The Kier molecular flexibility index (Phi) is 0.412. The molecule has 2 heteroatoms. The molecule has 2 unspecified atom stereocenters. The molecular formula is C5H7NO. The Labute approximate surface area is 42.0 Å². The van der Waals surface area contributed by atoms with Crippen LogP contribution in [0.1, 0.15) is 6.42 Å². The molecule has 1 saturated heterocycles. The Hall–Kier alpha value is -0.530. The fourth-order valence-electron chi connectivity index (χ4n) is 1.06. The topological polar surface area (TPSA) is 33.1 Å². The van der Waals surface area contributed by atoms with Gasteiger partial charge >= 0.3 is 0 Å². The van der Waals surface area contributed by atoms with E-state index in [4.69, 9.17) is 10.1 Å². The number of hydrogen-bond donors (Lipinski definition) is 1. The Balaban J connectivity index is 2.21. The zero-order chi connectivity index (χ0) is 4.85. The first-order chi connectivity index (χ1) is 3.38. The van der Waals surface area contributed by atoms with E-state index in [0.717, 1.165) is 12.5 Å². The molecule has 0 spiro atoms. The van der Waals surface area contributed by atoms with Gasteiger partial charge in [-0.25, -0.2) is 0 Å². The van der Waals surface area contributed by atoms with Crippen molar-refractivity contribution in [1.29, 1.82) is 5.41 Å². The highest BCUT2D eigenvalue weighted by Gasteiger charge is 2.47. The van der Waals surface area contributed by atoms with Gasteiger partial charge < -0.3 is 4.74 Å². The molecule has 0 bridgehead atoms. The van der Waals surface area contributed by atoms with Gasteiger partial charge in [-0.05, 0) is 6.42 Å². The van der Waals surface area contributed by atoms with E-state index >= 15 is 0 Å². The second kappa shape index (κ2) is 0.831. The van der Waals surface area contributed by atoms with Crippen molar-refractivity contribution in [3.05, 3.63) is 0 Å². The summed E-state index contributed by atoms with van der Waals surface area (Å²) in [6.45, 7) is 0.823. The van der Waals surface area contributed by atoms with Crippen LogP contribution in [0.5, 0.6) is 0 Å². The molecule has 0 aromatic heterocycles. The van der Waals surface area contributed by atoms with Gasteiger partial charge in [0, 0.05) is 11.8 Å². The van der Waals surface area contributed by atoms with E-state index in [2.05, 4.69) is 0 Å². The minimum absolute atomic E-state index is 0.532. The van der Waals surface area contributed by atoms with E-state index in [-0.39, 0.29) is 0 Å². The first kappa shape index (κ1) is 3.47. The Bertz CT molecular complexity index is 121. The maximum atomic E-state index is 7.07. The number of nitrogens with one attached hydrogen (secondary N) is 1. The van der Waals surface area contributed by atoms with Crippen molar-refractivity contribution in [3.8, 4) is 0 Å². The Morgan fingerprint density at radius 2 is 2.57 bits per heavy atom. The van der Waals surface area contributed by atoms with Gasteiger partial charge in [0.05, 0.1) is 6.61 Å². The second-order valence-corrected chi connectivity index (χ2v) is 2.28. The average molecular weight is 97.1 g/mol. The molecule has 1 aliphatic carbocycles. The molecule has 38 valence electrons. The summed E-state index contributed by atoms with van der Waals surface area (Å²) in [4.78, 5) is 0. The molecule has 2 fully saturated rings. The highest BCUT2D eigenvalue weighted by atomic mass is 16.5. The van der Waals surface area contributed by atoms with Crippen molar-refractivity contribution in [2.75, 3.05) is 6.61 Å². The summed E-state index contributed by atoms with van der Waals surface area (Å²) in [6, 6.07) is 0. The van der Waals surface area contributed by atoms with Crippen molar-refractivity contribution >= 4 is 5.90 Å². The third kappa shape index (κ3) is 0.315. The van der Waals surface area contributed by atoms with Crippen LogP contribution >= 0.6 is 0 Å². The van der Waals surface area contributed by atoms with Crippen molar-refractivity contribution in [2.45, 2.75) is 6.42 Å². The van der Waals surface area contributed by atoms with E-state index in [0.29, 0.717) is 11.8 Å². The SMILES string of the molecule is N=C1OCC2CC12. The molecule has 7 heavy (non-hydrogen) atoms. The van der Waals surface area contributed by atoms with Crippen molar-refractivity contribution < 1.29 is 4.74 Å².